The zero-order valence-electron chi connectivity index (χ0n) is 12.5. The zero-order chi connectivity index (χ0) is 13.8. The second-order valence-corrected chi connectivity index (χ2v) is 5.80. The van der Waals surface area contributed by atoms with Crippen LogP contribution in [0.2, 0.25) is 0 Å². The fraction of sp³-hybridized carbons (Fsp3) is 0.800. The van der Waals surface area contributed by atoms with Crippen molar-refractivity contribution in [3.63, 3.8) is 0 Å². The van der Waals surface area contributed by atoms with Crippen molar-refractivity contribution in [3.05, 3.63) is 18.0 Å². The number of hydrogen-bond donors (Lipinski definition) is 1. The first-order valence-electron chi connectivity index (χ1n) is 7.67. The van der Waals surface area contributed by atoms with Gasteiger partial charge < -0.3 is 5.73 Å². The van der Waals surface area contributed by atoms with E-state index in [0.29, 0.717) is 18.0 Å². The third-order valence-corrected chi connectivity index (χ3v) is 4.58. The molecule has 1 aliphatic rings. The van der Waals surface area contributed by atoms with Crippen LogP contribution in [0.3, 0.4) is 0 Å². The van der Waals surface area contributed by atoms with E-state index in [-0.39, 0.29) is 0 Å². The van der Waals surface area contributed by atoms with Gasteiger partial charge in [0.1, 0.15) is 0 Å². The molecule has 108 valence electrons. The molecule has 0 aromatic carbocycles. The first kappa shape index (κ1) is 14.5. The Hall–Kier alpha value is -0.870. The number of nitrogens with two attached hydrogens (primary N) is 1. The Labute approximate surface area is 117 Å². The number of hydrogen-bond acceptors (Lipinski definition) is 3. The standard InChI is InChI=1S/C15H28N4/c1-4-14(5-2)19-9-7-13(17-19)11-18-8-6-12(3)15(18)10-16/h7,9,12,14-15H,4-6,8,10-11,16H2,1-3H3. The van der Waals surface area contributed by atoms with Crippen molar-refractivity contribution in [2.45, 2.75) is 58.7 Å². The summed E-state index contributed by atoms with van der Waals surface area (Å²) in [6.45, 7) is 9.61. The molecule has 4 heteroatoms. The summed E-state index contributed by atoms with van der Waals surface area (Å²) in [6, 6.07) is 3.23. The molecule has 0 saturated carbocycles. The molecule has 4 nitrogen and oxygen atoms in total. The van der Waals surface area contributed by atoms with Gasteiger partial charge >= 0.3 is 0 Å². The molecule has 1 saturated heterocycles. The van der Waals surface area contributed by atoms with Crippen LogP contribution < -0.4 is 5.73 Å². The molecule has 2 unspecified atom stereocenters. The molecule has 2 heterocycles. The van der Waals surface area contributed by atoms with Crippen LogP contribution >= 0.6 is 0 Å². The zero-order valence-corrected chi connectivity index (χ0v) is 12.5. The molecular formula is C15H28N4. The molecule has 1 aliphatic heterocycles. The Morgan fingerprint density at radius 2 is 2.16 bits per heavy atom. The maximum atomic E-state index is 5.90. The van der Waals surface area contributed by atoms with Gasteiger partial charge in [-0.15, -0.1) is 0 Å². The van der Waals surface area contributed by atoms with E-state index >= 15 is 0 Å². The number of rotatable bonds is 6. The van der Waals surface area contributed by atoms with Gasteiger partial charge in [-0.1, -0.05) is 20.8 Å². The highest BCUT2D eigenvalue weighted by molar-refractivity contribution is 5.01. The van der Waals surface area contributed by atoms with Gasteiger partial charge in [0.2, 0.25) is 0 Å². The smallest absolute Gasteiger partial charge is 0.0765 e. The van der Waals surface area contributed by atoms with E-state index in [1.165, 1.54) is 12.1 Å². The molecule has 0 amide bonds. The fourth-order valence-electron chi connectivity index (χ4n) is 3.20. The molecule has 1 aromatic heterocycles. The summed E-state index contributed by atoms with van der Waals surface area (Å²) in [5.74, 6) is 0.714. The largest absolute Gasteiger partial charge is 0.329 e. The van der Waals surface area contributed by atoms with Crippen LogP contribution in [-0.2, 0) is 6.54 Å². The van der Waals surface area contributed by atoms with E-state index in [2.05, 4.69) is 42.6 Å². The van der Waals surface area contributed by atoms with Crippen molar-refractivity contribution in [2.75, 3.05) is 13.1 Å². The van der Waals surface area contributed by atoms with Gasteiger partial charge in [0, 0.05) is 25.3 Å². The van der Waals surface area contributed by atoms with Gasteiger partial charge in [0.05, 0.1) is 11.7 Å². The molecule has 2 atom stereocenters. The average Bonchev–Trinajstić information content (AvgIpc) is 2.99. The SMILES string of the molecule is CCC(CC)n1ccc(CN2CCC(C)C2CN)n1. The van der Waals surface area contributed by atoms with Crippen LogP contribution in [0.1, 0.15) is 51.8 Å². The van der Waals surface area contributed by atoms with Crippen LogP contribution in [0, 0.1) is 5.92 Å². The van der Waals surface area contributed by atoms with E-state index in [0.717, 1.165) is 32.5 Å². The molecular weight excluding hydrogens is 236 g/mol. The Kier molecular flexibility index (Phi) is 4.99. The van der Waals surface area contributed by atoms with E-state index in [9.17, 15) is 0 Å². The van der Waals surface area contributed by atoms with Crippen molar-refractivity contribution in [1.82, 2.24) is 14.7 Å². The normalized spacial score (nSPS) is 24.5. The predicted octanol–water partition coefficient (Wildman–Crippen LogP) is 2.41. The summed E-state index contributed by atoms with van der Waals surface area (Å²) < 4.78 is 2.13. The van der Waals surface area contributed by atoms with Gasteiger partial charge in [-0.25, -0.2) is 0 Å². The number of nitrogens with zero attached hydrogens (tertiary/aromatic N) is 3. The Balaban J connectivity index is 2.00. The minimum absolute atomic E-state index is 0.526. The maximum Gasteiger partial charge on any atom is 0.0765 e. The molecule has 0 aliphatic carbocycles. The van der Waals surface area contributed by atoms with E-state index in [4.69, 9.17) is 10.8 Å². The van der Waals surface area contributed by atoms with Crippen molar-refractivity contribution >= 4 is 0 Å². The second kappa shape index (κ2) is 6.53. The number of likely N-dealkylation sites (tertiary alicyclic amines) is 1. The van der Waals surface area contributed by atoms with Crippen LogP contribution in [0.25, 0.3) is 0 Å². The summed E-state index contributed by atoms with van der Waals surface area (Å²) in [5.41, 5.74) is 7.08. The number of aromatic nitrogens is 2. The maximum absolute atomic E-state index is 5.90. The summed E-state index contributed by atoms with van der Waals surface area (Å²) in [6.07, 6.45) is 5.67. The topological polar surface area (TPSA) is 47.1 Å². The molecule has 1 fully saturated rings. The van der Waals surface area contributed by atoms with E-state index < -0.39 is 0 Å². The molecule has 0 spiro atoms. The lowest BCUT2D eigenvalue weighted by molar-refractivity contribution is 0.224. The van der Waals surface area contributed by atoms with Crippen LogP contribution in [-0.4, -0.2) is 33.8 Å². The van der Waals surface area contributed by atoms with Gasteiger partial charge in [-0.2, -0.15) is 5.10 Å². The lowest BCUT2D eigenvalue weighted by atomic mass is 10.0. The molecule has 0 bridgehead atoms. The molecule has 0 radical (unpaired) electrons. The summed E-state index contributed by atoms with van der Waals surface area (Å²) in [7, 11) is 0. The molecule has 1 aromatic rings. The first-order chi connectivity index (χ1) is 9.19. The van der Waals surface area contributed by atoms with Crippen molar-refractivity contribution in [3.8, 4) is 0 Å². The van der Waals surface area contributed by atoms with Gasteiger partial charge in [-0.3, -0.25) is 9.58 Å². The summed E-state index contributed by atoms with van der Waals surface area (Å²) >= 11 is 0. The molecule has 2 rings (SSSR count). The minimum atomic E-state index is 0.526. The Morgan fingerprint density at radius 3 is 2.79 bits per heavy atom. The van der Waals surface area contributed by atoms with E-state index in [1.807, 2.05) is 0 Å². The summed E-state index contributed by atoms with van der Waals surface area (Å²) in [5, 5.41) is 4.74. The van der Waals surface area contributed by atoms with Crippen LogP contribution in [0.15, 0.2) is 12.3 Å². The lowest BCUT2D eigenvalue weighted by Crippen LogP contribution is -2.37. The lowest BCUT2D eigenvalue weighted by Gasteiger charge is -2.24. The molecule has 2 N–H and O–H groups in total. The average molecular weight is 264 g/mol. The second-order valence-electron chi connectivity index (χ2n) is 5.80. The highest BCUT2D eigenvalue weighted by Gasteiger charge is 2.30. The van der Waals surface area contributed by atoms with Gasteiger partial charge in [-0.05, 0) is 37.8 Å². The minimum Gasteiger partial charge on any atom is -0.329 e. The highest BCUT2D eigenvalue weighted by Crippen LogP contribution is 2.25. The van der Waals surface area contributed by atoms with Gasteiger partial charge in [0.15, 0.2) is 0 Å². The van der Waals surface area contributed by atoms with Crippen molar-refractivity contribution < 1.29 is 0 Å². The third-order valence-electron chi connectivity index (χ3n) is 4.58. The Bertz CT molecular complexity index is 383. The van der Waals surface area contributed by atoms with E-state index in [1.54, 1.807) is 0 Å². The van der Waals surface area contributed by atoms with Crippen molar-refractivity contribution in [2.24, 2.45) is 11.7 Å². The highest BCUT2D eigenvalue weighted by atomic mass is 15.3. The first-order valence-corrected chi connectivity index (χ1v) is 7.67. The predicted molar refractivity (Wildman–Crippen MR) is 78.9 cm³/mol. The monoisotopic (exact) mass is 264 g/mol. The Morgan fingerprint density at radius 1 is 1.42 bits per heavy atom. The van der Waals surface area contributed by atoms with Crippen LogP contribution in [0.4, 0.5) is 0 Å². The van der Waals surface area contributed by atoms with Gasteiger partial charge in [0.25, 0.3) is 0 Å². The molecule has 19 heavy (non-hydrogen) atoms. The quantitative estimate of drug-likeness (QED) is 0.858. The fourth-order valence-corrected chi connectivity index (χ4v) is 3.20. The van der Waals surface area contributed by atoms with Crippen LogP contribution in [0.5, 0.6) is 0 Å². The van der Waals surface area contributed by atoms with Crippen molar-refractivity contribution in [1.29, 1.82) is 0 Å². The summed E-state index contributed by atoms with van der Waals surface area (Å²) in [4.78, 5) is 2.49. The third kappa shape index (κ3) is 3.18.